The molecule has 0 radical (unpaired) electrons. The third-order valence-corrected chi connectivity index (χ3v) is 6.48. The second kappa shape index (κ2) is 7.37. The fraction of sp³-hybridized carbons (Fsp3) is 0.412. The third-order valence-electron chi connectivity index (χ3n) is 4.29. The molecule has 0 bridgehead atoms. The van der Waals surface area contributed by atoms with Crippen molar-refractivity contribution in [1.82, 2.24) is 10.5 Å². The van der Waals surface area contributed by atoms with Crippen molar-refractivity contribution in [3.05, 3.63) is 42.2 Å². The number of hydrogen-bond donors (Lipinski definition) is 2. The number of carbonyl (C=O) groups excluding carboxylic acids is 1. The molecule has 3 rings (SSSR count). The van der Waals surface area contributed by atoms with Crippen LogP contribution in [0, 0.1) is 6.92 Å². The van der Waals surface area contributed by atoms with E-state index in [4.69, 9.17) is 4.52 Å². The fourth-order valence-corrected chi connectivity index (χ4v) is 4.70. The van der Waals surface area contributed by atoms with Gasteiger partial charge in [-0.25, -0.2) is 8.42 Å². The van der Waals surface area contributed by atoms with Crippen LogP contribution in [0.3, 0.4) is 0 Å². The Bertz CT molecular complexity index is 827. The number of rotatable bonds is 7. The number of benzene rings is 1. The van der Waals surface area contributed by atoms with Crippen LogP contribution in [0.2, 0.25) is 0 Å². The van der Waals surface area contributed by atoms with E-state index in [0.29, 0.717) is 42.3 Å². The molecule has 25 heavy (non-hydrogen) atoms. The number of nitrogens with one attached hydrogen (secondary N) is 2. The third kappa shape index (κ3) is 4.26. The van der Waals surface area contributed by atoms with E-state index in [1.54, 1.807) is 43.3 Å². The lowest BCUT2D eigenvalue weighted by molar-refractivity contribution is -0.116. The second-order valence-electron chi connectivity index (χ2n) is 6.22. The van der Waals surface area contributed by atoms with Gasteiger partial charge < -0.3 is 15.2 Å². The lowest BCUT2D eigenvalue weighted by Gasteiger charge is -2.35. The van der Waals surface area contributed by atoms with Gasteiger partial charge in [-0.2, -0.15) is 0 Å². The van der Waals surface area contributed by atoms with Gasteiger partial charge in [0.05, 0.1) is 10.1 Å². The minimum absolute atomic E-state index is 0.130. The van der Waals surface area contributed by atoms with Gasteiger partial charge >= 0.3 is 0 Å². The number of nitrogens with zero attached hydrogens (tertiary/aromatic N) is 1. The van der Waals surface area contributed by atoms with Crippen LogP contribution in [0.15, 0.2) is 45.8 Å². The number of carbonyl (C=O) groups is 1. The van der Waals surface area contributed by atoms with E-state index in [-0.39, 0.29) is 17.2 Å². The highest BCUT2D eigenvalue weighted by molar-refractivity contribution is 7.92. The van der Waals surface area contributed by atoms with Crippen molar-refractivity contribution in [2.24, 2.45) is 0 Å². The van der Waals surface area contributed by atoms with E-state index in [1.807, 2.05) is 0 Å². The summed E-state index contributed by atoms with van der Waals surface area (Å²) in [6.07, 6.45) is 1.43. The van der Waals surface area contributed by atoms with Crippen LogP contribution in [0.25, 0.3) is 0 Å². The molecule has 0 atom stereocenters. The Hall–Kier alpha value is -2.19. The highest BCUT2D eigenvalue weighted by Gasteiger charge is 2.39. The standard InChI is InChI=1S/C17H21N3O4S/c1-12-9-16(20-24-12)19-17(21)7-8-18-13-10-15(11-13)25(22,23)14-5-3-2-4-6-14/h2-6,9,13,15,18H,7-8,10-11H2,1H3,(H,19,20,21). The van der Waals surface area contributed by atoms with E-state index < -0.39 is 9.84 Å². The van der Waals surface area contributed by atoms with Crippen LogP contribution in [0.1, 0.15) is 25.0 Å². The number of aromatic nitrogens is 1. The predicted octanol–water partition coefficient (Wildman–Crippen LogP) is 1.91. The minimum atomic E-state index is -3.25. The van der Waals surface area contributed by atoms with Crippen molar-refractivity contribution < 1.29 is 17.7 Å². The normalized spacial score (nSPS) is 20.0. The first-order chi connectivity index (χ1) is 11.9. The summed E-state index contributed by atoms with van der Waals surface area (Å²) in [5, 5.41) is 9.22. The number of hydrogen-bond acceptors (Lipinski definition) is 6. The Labute approximate surface area is 146 Å². The topological polar surface area (TPSA) is 101 Å². The average Bonchev–Trinajstić information content (AvgIpc) is 2.95. The molecule has 0 aliphatic heterocycles. The molecule has 2 N–H and O–H groups in total. The molecular formula is C17H21N3O4S. The summed E-state index contributed by atoms with van der Waals surface area (Å²) in [6, 6.07) is 10.3. The molecule has 134 valence electrons. The van der Waals surface area contributed by atoms with Gasteiger partial charge in [0, 0.05) is 25.1 Å². The summed E-state index contributed by atoms with van der Waals surface area (Å²) in [5.41, 5.74) is 0. The molecule has 2 aromatic rings. The summed E-state index contributed by atoms with van der Waals surface area (Å²) in [7, 11) is -3.25. The Balaban J connectivity index is 1.38. The van der Waals surface area contributed by atoms with E-state index in [1.165, 1.54) is 0 Å². The van der Waals surface area contributed by atoms with Gasteiger partial charge in [-0.3, -0.25) is 4.79 Å². The van der Waals surface area contributed by atoms with Crippen LogP contribution in [-0.2, 0) is 14.6 Å². The maximum Gasteiger partial charge on any atom is 0.226 e. The molecule has 0 unspecified atom stereocenters. The van der Waals surface area contributed by atoms with Crippen LogP contribution in [-0.4, -0.2) is 37.3 Å². The smallest absolute Gasteiger partial charge is 0.226 e. The van der Waals surface area contributed by atoms with Gasteiger partial charge in [-0.15, -0.1) is 0 Å². The van der Waals surface area contributed by atoms with Crippen molar-refractivity contribution >= 4 is 21.6 Å². The van der Waals surface area contributed by atoms with Crippen LogP contribution in [0.5, 0.6) is 0 Å². The zero-order valence-corrected chi connectivity index (χ0v) is 14.8. The number of anilines is 1. The molecule has 1 saturated carbocycles. The first-order valence-corrected chi connectivity index (χ1v) is 9.75. The van der Waals surface area contributed by atoms with Crippen LogP contribution >= 0.6 is 0 Å². The van der Waals surface area contributed by atoms with E-state index in [0.717, 1.165) is 0 Å². The molecule has 0 spiro atoms. The Morgan fingerprint density at radius 2 is 2.00 bits per heavy atom. The molecule has 8 heteroatoms. The lowest BCUT2D eigenvalue weighted by Crippen LogP contribution is -2.48. The van der Waals surface area contributed by atoms with Gasteiger partial charge in [0.15, 0.2) is 15.7 Å². The van der Waals surface area contributed by atoms with Crippen molar-refractivity contribution in [2.75, 3.05) is 11.9 Å². The van der Waals surface area contributed by atoms with E-state index >= 15 is 0 Å². The zero-order valence-electron chi connectivity index (χ0n) is 13.9. The maximum absolute atomic E-state index is 12.4. The molecule has 1 aromatic heterocycles. The summed E-state index contributed by atoms with van der Waals surface area (Å²) in [5.74, 6) is 0.877. The molecular weight excluding hydrogens is 342 g/mol. The number of aryl methyl sites for hydroxylation is 1. The van der Waals surface area contributed by atoms with E-state index in [2.05, 4.69) is 15.8 Å². The van der Waals surface area contributed by atoms with Crippen LogP contribution in [0.4, 0.5) is 5.82 Å². The average molecular weight is 363 g/mol. The summed E-state index contributed by atoms with van der Waals surface area (Å²) in [6.45, 7) is 2.24. The van der Waals surface area contributed by atoms with Gasteiger partial charge in [-0.1, -0.05) is 23.4 Å². The first-order valence-electron chi connectivity index (χ1n) is 8.20. The molecule has 7 nitrogen and oxygen atoms in total. The monoisotopic (exact) mass is 363 g/mol. The molecule has 1 aromatic carbocycles. The summed E-state index contributed by atoms with van der Waals surface area (Å²) < 4.78 is 29.8. The Morgan fingerprint density at radius 1 is 1.28 bits per heavy atom. The fourth-order valence-electron chi connectivity index (χ4n) is 2.81. The largest absolute Gasteiger partial charge is 0.360 e. The molecule has 1 amide bonds. The first kappa shape index (κ1) is 17.6. The summed E-state index contributed by atoms with van der Waals surface area (Å²) >= 11 is 0. The van der Waals surface area contributed by atoms with Crippen molar-refractivity contribution in [3.8, 4) is 0 Å². The van der Waals surface area contributed by atoms with Crippen LogP contribution < -0.4 is 10.6 Å². The Morgan fingerprint density at radius 3 is 2.64 bits per heavy atom. The van der Waals surface area contributed by atoms with Gasteiger partial charge in [-0.05, 0) is 31.9 Å². The zero-order chi connectivity index (χ0) is 17.9. The maximum atomic E-state index is 12.4. The van der Waals surface area contributed by atoms with Gasteiger partial charge in [0.2, 0.25) is 5.91 Å². The van der Waals surface area contributed by atoms with Crippen molar-refractivity contribution in [1.29, 1.82) is 0 Å². The van der Waals surface area contributed by atoms with Crippen molar-refractivity contribution in [2.45, 2.75) is 42.4 Å². The quantitative estimate of drug-likeness (QED) is 0.779. The second-order valence-corrected chi connectivity index (χ2v) is 8.45. The highest BCUT2D eigenvalue weighted by Crippen LogP contribution is 2.31. The minimum Gasteiger partial charge on any atom is -0.360 e. The highest BCUT2D eigenvalue weighted by atomic mass is 32.2. The SMILES string of the molecule is Cc1cc(NC(=O)CCNC2CC(S(=O)(=O)c3ccccc3)C2)no1. The predicted molar refractivity (Wildman–Crippen MR) is 92.9 cm³/mol. The van der Waals surface area contributed by atoms with Crippen molar-refractivity contribution in [3.63, 3.8) is 0 Å². The molecule has 0 saturated heterocycles. The lowest BCUT2D eigenvalue weighted by atomic mass is 9.92. The number of amides is 1. The van der Waals surface area contributed by atoms with E-state index in [9.17, 15) is 13.2 Å². The molecule has 1 aliphatic rings. The van der Waals surface area contributed by atoms with Gasteiger partial charge in [0.1, 0.15) is 5.76 Å². The number of sulfone groups is 1. The molecule has 1 heterocycles. The Kier molecular flexibility index (Phi) is 5.19. The summed E-state index contributed by atoms with van der Waals surface area (Å²) in [4.78, 5) is 12.2. The molecule has 1 aliphatic carbocycles. The van der Waals surface area contributed by atoms with Gasteiger partial charge in [0.25, 0.3) is 0 Å². The molecule has 1 fully saturated rings.